The number of halogens is 1. The van der Waals surface area contributed by atoms with E-state index in [0.29, 0.717) is 11.1 Å². The second kappa shape index (κ2) is 2.62. The first-order valence-electron chi connectivity index (χ1n) is 3.74. The number of H-pyrrole nitrogens is 1. The van der Waals surface area contributed by atoms with E-state index in [1.54, 1.807) is 26.4 Å². The van der Waals surface area contributed by atoms with Gasteiger partial charge in [-0.05, 0) is 11.5 Å². The van der Waals surface area contributed by atoms with Crippen LogP contribution in [0, 0.1) is 5.95 Å². The van der Waals surface area contributed by atoms with Crippen molar-refractivity contribution < 1.29 is 4.39 Å². The highest BCUT2D eigenvalue weighted by Crippen LogP contribution is 2.07. The van der Waals surface area contributed by atoms with Crippen LogP contribution in [0.1, 0.15) is 0 Å². The Labute approximate surface area is 70.1 Å². The van der Waals surface area contributed by atoms with Gasteiger partial charge in [0.1, 0.15) is 5.65 Å². The van der Waals surface area contributed by atoms with Crippen molar-refractivity contribution in [1.82, 2.24) is 9.97 Å². The third kappa shape index (κ3) is 0.997. The molecular formula is C8H7BFN2. The number of pyridine rings is 1. The lowest BCUT2D eigenvalue weighted by Crippen LogP contribution is -2.16. The van der Waals surface area contributed by atoms with Crippen molar-refractivity contribution in [2.75, 3.05) is 0 Å². The maximum Gasteiger partial charge on any atom is 0.208 e. The first-order chi connectivity index (χ1) is 5.81. The molecule has 0 saturated carbocycles. The largest absolute Gasteiger partial charge is 0.346 e. The van der Waals surface area contributed by atoms with Crippen LogP contribution in [0.15, 0.2) is 18.3 Å². The Kier molecular flexibility index (Phi) is 1.61. The van der Waals surface area contributed by atoms with Gasteiger partial charge in [0.2, 0.25) is 5.95 Å². The van der Waals surface area contributed by atoms with E-state index >= 15 is 0 Å². The standard InChI is InChI=1S/C8H7BFN2/c1-9-6-4-5-2-3-11-8(5)12-7(6)10/h2-4H,1H3,(H,11,12). The summed E-state index contributed by atoms with van der Waals surface area (Å²) in [5.74, 6) is -0.424. The van der Waals surface area contributed by atoms with Gasteiger partial charge in [-0.25, -0.2) is 4.98 Å². The number of fused-ring (bicyclic) bond motifs is 1. The maximum absolute atomic E-state index is 13.0. The summed E-state index contributed by atoms with van der Waals surface area (Å²) >= 11 is 0. The average molecular weight is 161 g/mol. The normalized spacial score (nSPS) is 10.5. The molecule has 2 aromatic rings. The van der Waals surface area contributed by atoms with Crippen LogP contribution >= 0.6 is 0 Å². The van der Waals surface area contributed by atoms with Crippen LogP contribution in [0.2, 0.25) is 6.82 Å². The maximum atomic E-state index is 13.0. The highest BCUT2D eigenvalue weighted by Gasteiger charge is 2.04. The molecule has 0 atom stereocenters. The van der Waals surface area contributed by atoms with Crippen molar-refractivity contribution in [3.63, 3.8) is 0 Å². The highest BCUT2D eigenvalue weighted by molar-refractivity contribution is 6.52. The zero-order chi connectivity index (χ0) is 8.55. The fourth-order valence-corrected chi connectivity index (χ4v) is 1.18. The predicted octanol–water partition coefficient (Wildman–Crippen LogP) is 1.08. The molecule has 1 N–H and O–H groups in total. The molecule has 0 saturated heterocycles. The first kappa shape index (κ1) is 7.34. The molecule has 59 valence electrons. The van der Waals surface area contributed by atoms with Crippen LogP contribution in [0.4, 0.5) is 4.39 Å². The van der Waals surface area contributed by atoms with Crippen molar-refractivity contribution >= 4 is 23.8 Å². The Bertz CT molecular complexity index is 410. The predicted molar refractivity (Wildman–Crippen MR) is 47.3 cm³/mol. The molecule has 0 amide bonds. The van der Waals surface area contributed by atoms with Crippen LogP contribution in [0.3, 0.4) is 0 Å². The molecule has 0 bridgehead atoms. The molecule has 2 aromatic heterocycles. The average Bonchev–Trinajstić information content (AvgIpc) is 2.49. The van der Waals surface area contributed by atoms with E-state index < -0.39 is 5.95 Å². The van der Waals surface area contributed by atoms with Gasteiger partial charge in [-0.3, -0.25) is 0 Å². The van der Waals surface area contributed by atoms with Gasteiger partial charge in [-0.15, -0.1) is 0 Å². The minimum absolute atomic E-state index is 0.424. The molecule has 12 heavy (non-hydrogen) atoms. The van der Waals surface area contributed by atoms with Crippen LogP contribution in [-0.4, -0.2) is 17.2 Å². The van der Waals surface area contributed by atoms with E-state index in [4.69, 9.17) is 0 Å². The topological polar surface area (TPSA) is 28.7 Å². The summed E-state index contributed by atoms with van der Waals surface area (Å²) in [6.07, 6.45) is 1.75. The second-order valence-electron chi connectivity index (χ2n) is 2.57. The number of nitrogens with one attached hydrogen (secondary N) is 1. The number of aromatic amines is 1. The summed E-state index contributed by atoms with van der Waals surface area (Å²) in [6.45, 7) is 1.79. The molecule has 0 aliphatic carbocycles. The van der Waals surface area contributed by atoms with Crippen LogP contribution in [0.25, 0.3) is 11.0 Å². The third-order valence-electron chi connectivity index (χ3n) is 1.83. The van der Waals surface area contributed by atoms with Crippen LogP contribution in [0.5, 0.6) is 0 Å². The Hall–Kier alpha value is -1.32. The zero-order valence-corrected chi connectivity index (χ0v) is 6.63. The van der Waals surface area contributed by atoms with Crippen molar-refractivity contribution in [3.8, 4) is 0 Å². The minimum Gasteiger partial charge on any atom is -0.346 e. The SMILES string of the molecule is C[B]c1cc2cc[nH]c2nc1F. The molecule has 0 fully saturated rings. The van der Waals surface area contributed by atoms with Gasteiger partial charge in [0.25, 0.3) is 0 Å². The Morgan fingerprint density at radius 3 is 3.17 bits per heavy atom. The fraction of sp³-hybridized carbons (Fsp3) is 0.125. The number of aromatic nitrogens is 2. The van der Waals surface area contributed by atoms with E-state index in [-0.39, 0.29) is 0 Å². The first-order valence-corrected chi connectivity index (χ1v) is 3.74. The van der Waals surface area contributed by atoms with Crippen LogP contribution < -0.4 is 5.46 Å². The highest BCUT2D eigenvalue weighted by atomic mass is 19.1. The molecule has 0 aliphatic rings. The number of rotatable bonds is 1. The van der Waals surface area contributed by atoms with Crippen molar-refractivity contribution in [3.05, 3.63) is 24.3 Å². The van der Waals surface area contributed by atoms with Crippen molar-refractivity contribution in [2.45, 2.75) is 6.82 Å². The lowest BCUT2D eigenvalue weighted by atomic mass is 9.74. The smallest absolute Gasteiger partial charge is 0.208 e. The molecule has 2 nitrogen and oxygen atoms in total. The summed E-state index contributed by atoms with van der Waals surface area (Å²) in [5.41, 5.74) is 1.14. The third-order valence-corrected chi connectivity index (χ3v) is 1.83. The number of hydrogen-bond acceptors (Lipinski definition) is 1. The van der Waals surface area contributed by atoms with Crippen LogP contribution in [-0.2, 0) is 0 Å². The molecule has 4 heteroatoms. The van der Waals surface area contributed by atoms with Crippen molar-refractivity contribution in [2.24, 2.45) is 0 Å². The fourth-order valence-electron chi connectivity index (χ4n) is 1.18. The van der Waals surface area contributed by atoms with E-state index in [2.05, 4.69) is 9.97 Å². The summed E-state index contributed by atoms with van der Waals surface area (Å²) in [6, 6.07) is 3.64. The van der Waals surface area contributed by atoms with Gasteiger partial charge in [0, 0.05) is 11.6 Å². The Morgan fingerprint density at radius 2 is 2.42 bits per heavy atom. The molecule has 2 rings (SSSR count). The lowest BCUT2D eigenvalue weighted by molar-refractivity contribution is 0.596. The molecule has 1 radical (unpaired) electrons. The van der Waals surface area contributed by atoms with Gasteiger partial charge in [-0.2, -0.15) is 4.39 Å². The second-order valence-corrected chi connectivity index (χ2v) is 2.57. The summed E-state index contributed by atoms with van der Waals surface area (Å²) in [5, 5.41) is 0.935. The molecule has 0 unspecified atom stereocenters. The monoisotopic (exact) mass is 161 g/mol. The lowest BCUT2D eigenvalue weighted by Gasteiger charge is -1.97. The van der Waals surface area contributed by atoms with Crippen molar-refractivity contribution in [1.29, 1.82) is 0 Å². The molecule has 2 heterocycles. The zero-order valence-electron chi connectivity index (χ0n) is 6.63. The van der Waals surface area contributed by atoms with Gasteiger partial charge in [-0.1, -0.05) is 12.9 Å². The molecule has 0 aliphatic heterocycles. The van der Waals surface area contributed by atoms with Gasteiger partial charge < -0.3 is 4.98 Å². The number of nitrogens with zero attached hydrogens (tertiary/aromatic N) is 1. The van der Waals surface area contributed by atoms with E-state index in [1.165, 1.54) is 0 Å². The van der Waals surface area contributed by atoms with E-state index in [9.17, 15) is 4.39 Å². The van der Waals surface area contributed by atoms with Gasteiger partial charge >= 0.3 is 0 Å². The summed E-state index contributed by atoms with van der Waals surface area (Å²) in [4.78, 5) is 6.60. The summed E-state index contributed by atoms with van der Waals surface area (Å²) < 4.78 is 13.0. The minimum atomic E-state index is -0.424. The quantitative estimate of drug-likeness (QED) is 0.491. The Balaban J connectivity index is 2.73. The number of hydrogen-bond donors (Lipinski definition) is 1. The molecule has 0 aromatic carbocycles. The van der Waals surface area contributed by atoms with Gasteiger partial charge in [0.05, 0.1) is 0 Å². The molecular weight excluding hydrogens is 154 g/mol. The molecule has 0 spiro atoms. The summed E-state index contributed by atoms with van der Waals surface area (Å²) in [7, 11) is 1.70. The Morgan fingerprint density at radius 1 is 1.58 bits per heavy atom. The van der Waals surface area contributed by atoms with Gasteiger partial charge in [0.15, 0.2) is 7.28 Å². The van der Waals surface area contributed by atoms with E-state index in [0.717, 1.165) is 5.39 Å². The van der Waals surface area contributed by atoms with E-state index in [1.807, 2.05) is 6.07 Å².